The third-order valence-corrected chi connectivity index (χ3v) is 2.38. The van der Waals surface area contributed by atoms with Crippen LogP contribution in [0.25, 0.3) is 10.9 Å². The Kier molecular flexibility index (Phi) is 3.63. The van der Waals surface area contributed by atoms with Gasteiger partial charge in [0.25, 0.3) is 5.69 Å². The van der Waals surface area contributed by atoms with E-state index in [1.807, 2.05) is 0 Å². The molecule has 0 saturated heterocycles. The Labute approximate surface area is 103 Å². The van der Waals surface area contributed by atoms with Crippen LogP contribution in [0.2, 0.25) is 0 Å². The summed E-state index contributed by atoms with van der Waals surface area (Å²) in [7, 11) is 0. The van der Waals surface area contributed by atoms with Crippen LogP contribution in [-0.4, -0.2) is 28.0 Å². The zero-order valence-corrected chi connectivity index (χ0v) is 9.57. The van der Waals surface area contributed by atoms with Gasteiger partial charge in [0, 0.05) is 12.1 Å². The van der Waals surface area contributed by atoms with E-state index in [1.54, 1.807) is 6.07 Å². The van der Waals surface area contributed by atoms with Gasteiger partial charge in [-0.25, -0.2) is 9.97 Å². The molecule has 1 heterocycles. The van der Waals surface area contributed by atoms with Gasteiger partial charge in [-0.2, -0.15) is 0 Å². The van der Waals surface area contributed by atoms with Crippen molar-refractivity contribution >= 4 is 16.6 Å². The molecule has 2 N–H and O–H groups in total. The molecule has 7 nitrogen and oxygen atoms in total. The van der Waals surface area contributed by atoms with E-state index in [9.17, 15) is 10.1 Å². The fourth-order valence-electron chi connectivity index (χ4n) is 1.50. The third-order valence-electron chi connectivity index (χ3n) is 2.38. The summed E-state index contributed by atoms with van der Waals surface area (Å²) in [5.41, 5.74) is 5.96. The van der Waals surface area contributed by atoms with Crippen molar-refractivity contribution in [2.45, 2.75) is 6.42 Å². The summed E-state index contributed by atoms with van der Waals surface area (Å²) in [6, 6.07) is 4.39. The number of nitrogens with zero attached hydrogens (tertiary/aromatic N) is 3. The molecule has 0 atom stereocenters. The number of nitrogens with two attached hydrogens (primary N) is 1. The van der Waals surface area contributed by atoms with E-state index >= 15 is 0 Å². The Hall–Kier alpha value is -2.28. The van der Waals surface area contributed by atoms with Crippen LogP contribution >= 0.6 is 0 Å². The summed E-state index contributed by atoms with van der Waals surface area (Å²) >= 11 is 0. The van der Waals surface area contributed by atoms with Crippen molar-refractivity contribution in [2.75, 3.05) is 13.2 Å². The highest BCUT2D eigenvalue weighted by Gasteiger charge is 2.11. The Morgan fingerprint density at radius 2 is 2.22 bits per heavy atom. The smallest absolute Gasteiger partial charge is 0.270 e. The lowest BCUT2D eigenvalue weighted by Gasteiger charge is -2.06. The molecule has 0 aliphatic carbocycles. The summed E-state index contributed by atoms with van der Waals surface area (Å²) in [6.07, 6.45) is 2.06. The molecule has 7 heteroatoms. The van der Waals surface area contributed by atoms with Gasteiger partial charge in [-0.3, -0.25) is 10.1 Å². The number of hydrogen-bond donors (Lipinski definition) is 1. The number of rotatable bonds is 5. The van der Waals surface area contributed by atoms with E-state index < -0.39 is 4.92 Å². The summed E-state index contributed by atoms with van der Waals surface area (Å²) in [6.45, 7) is 0.939. The van der Waals surface area contributed by atoms with Gasteiger partial charge >= 0.3 is 0 Å². The van der Waals surface area contributed by atoms with Gasteiger partial charge < -0.3 is 10.5 Å². The van der Waals surface area contributed by atoms with Crippen LogP contribution in [0.1, 0.15) is 6.42 Å². The molecule has 0 unspecified atom stereocenters. The van der Waals surface area contributed by atoms with Gasteiger partial charge in [0.2, 0.25) is 5.88 Å². The Bertz CT molecular complexity index is 573. The van der Waals surface area contributed by atoms with Crippen molar-refractivity contribution < 1.29 is 9.66 Å². The minimum absolute atomic E-state index is 0.0130. The van der Waals surface area contributed by atoms with E-state index in [1.165, 1.54) is 18.5 Å². The molecular formula is C11H12N4O3. The van der Waals surface area contributed by atoms with Crippen molar-refractivity contribution in [3.8, 4) is 5.88 Å². The maximum Gasteiger partial charge on any atom is 0.270 e. The molecular weight excluding hydrogens is 236 g/mol. The van der Waals surface area contributed by atoms with Crippen molar-refractivity contribution in [2.24, 2.45) is 5.73 Å². The molecule has 18 heavy (non-hydrogen) atoms. The number of nitro groups is 1. The third kappa shape index (κ3) is 2.51. The number of ether oxygens (including phenoxy) is 1. The van der Waals surface area contributed by atoms with Gasteiger partial charge in [-0.15, -0.1) is 0 Å². The van der Waals surface area contributed by atoms with Crippen molar-refractivity contribution in [3.05, 3.63) is 34.6 Å². The number of aromatic nitrogens is 2. The zero-order valence-electron chi connectivity index (χ0n) is 9.57. The number of hydrogen-bond acceptors (Lipinski definition) is 6. The first kappa shape index (κ1) is 12.2. The Balaban J connectivity index is 2.39. The highest BCUT2D eigenvalue weighted by molar-refractivity contribution is 5.85. The van der Waals surface area contributed by atoms with Gasteiger partial charge in [0.05, 0.1) is 22.4 Å². The lowest BCUT2D eigenvalue weighted by atomic mass is 10.2. The van der Waals surface area contributed by atoms with E-state index in [2.05, 4.69) is 9.97 Å². The van der Waals surface area contributed by atoms with E-state index in [4.69, 9.17) is 10.5 Å². The van der Waals surface area contributed by atoms with Crippen molar-refractivity contribution in [1.29, 1.82) is 0 Å². The van der Waals surface area contributed by atoms with Crippen molar-refractivity contribution in [3.63, 3.8) is 0 Å². The monoisotopic (exact) mass is 248 g/mol. The van der Waals surface area contributed by atoms with Gasteiger partial charge in [-0.05, 0) is 19.0 Å². The largest absolute Gasteiger partial charge is 0.477 e. The number of non-ortho nitro benzene ring substituents is 1. The molecule has 94 valence electrons. The van der Waals surface area contributed by atoms with Crippen LogP contribution in [0.15, 0.2) is 24.5 Å². The molecule has 0 aliphatic heterocycles. The Morgan fingerprint density at radius 3 is 2.94 bits per heavy atom. The minimum Gasteiger partial charge on any atom is -0.477 e. The quantitative estimate of drug-likeness (QED) is 0.485. The summed E-state index contributed by atoms with van der Waals surface area (Å²) in [5, 5.41) is 11.3. The molecule has 0 radical (unpaired) electrons. The number of nitro benzene ring substituents is 1. The lowest BCUT2D eigenvalue weighted by molar-refractivity contribution is -0.384. The average Bonchev–Trinajstić information content (AvgIpc) is 2.38. The maximum absolute atomic E-state index is 10.7. The lowest BCUT2D eigenvalue weighted by Crippen LogP contribution is -2.07. The first-order valence-corrected chi connectivity index (χ1v) is 5.44. The summed E-state index contributed by atoms with van der Waals surface area (Å²) < 4.78 is 5.44. The molecule has 2 aromatic rings. The van der Waals surface area contributed by atoms with Gasteiger partial charge in [0.1, 0.15) is 6.33 Å². The van der Waals surface area contributed by atoms with Crippen LogP contribution in [0.4, 0.5) is 5.69 Å². The second-order valence-corrected chi connectivity index (χ2v) is 3.63. The average molecular weight is 248 g/mol. The van der Waals surface area contributed by atoms with E-state index in [-0.39, 0.29) is 5.69 Å². The molecule has 0 bridgehead atoms. The Morgan fingerprint density at radius 1 is 1.39 bits per heavy atom. The van der Waals surface area contributed by atoms with Crippen LogP contribution in [0.3, 0.4) is 0 Å². The molecule has 1 aromatic carbocycles. The molecule has 0 fully saturated rings. The van der Waals surface area contributed by atoms with Crippen LogP contribution < -0.4 is 10.5 Å². The predicted octanol–water partition coefficient (Wildman–Crippen LogP) is 1.27. The van der Waals surface area contributed by atoms with Crippen molar-refractivity contribution in [1.82, 2.24) is 9.97 Å². The first-order chi connectivity index (χ1) is 8.72. The highest BCUT2D eigenvalue weighted by atomic mass is 16.6. The van der Waals surface area contributed by atoms with E-state index in [0.717, 1.165) is 0 Å². The molecule has 0 saturated carbocycles. The summed E-state index contributed by atoms with van der Waals surface area (Å²) in [5.74, 6) is 0.345. The normalized spacial score (nSPS) is 10.5. The molecule has 0 spiro atoms. The number of benzene rings is 1. The topological polar surface area (TPSA) is 104 Å². The highest BCUT2D eigenvalue weighted by Crippen LogP contribution is 2.25. The van der Waals surface area contributed by atoms with Gasteiger partial charge in [-0.1, -0.05) is 0 Å². The van der Waals surface area contributed by atoms with Gasteiger partial charge in [0.15, 0.2) is 0 Å². The zero-order chi connectivity index (χ0) is 13.0. The van der Waals surface area contributed by atoms with E-state index in [0.29, 0.717) is 36.4 Å². The SMILES string of the molecule is NCCCOc1ncnc2ccc([N+](=O)[O-])cc12. The van der Waals surface area contributed by atoms with Crippen LogP contribution in [-0.2, 0) is 0 Å². The second-order valence-electron chi connectivity index (χ2n) is 3.63. The number of fused-ring (bicyclic) bond motifs is 1. The predicted molar refractivity (Wildman–Crippen MR) is 65.4 cm³/mol. The molecule has 2 rings (SSSR count). The fraction of sp³-hybridized carbons (Fsp3) is 0.273. The fourth-order valence-corrected chi connectivity index (χ4v) is 1.50. The second kappa shape index (κ2) is 5.37. The van der Waals surface area contributed by atoms with Crippen LogP contribution in [0, 0.1) is 10.1 Å². The molecule has 0 amide bonds. The minimum atomic E-state index is -0.462. The standard InChI is InChI=1S/C11H12N4O3/c12-4-1-5-18-11-9-6-8(15(16)17)2-3-10(9)13-7-14-11/h2-3,6-7H,1,4-5,12H2. The maximum atomic E-state index is 10.7. The first-order valence-electron chi connectivity index (χ1n) is 5.44. The van der Waals surface area contributed by atoms with Crippen LogP contribution in [0.5, 0.6) is 5.88 Å². The molecule has 1 aromatic heterocycles. The molecule has 0 aliphatic rings. The summed E-state index contributed by atoms with van der Waals surface area (Å²) in [4.78, 5) is 18.3.